The van der Waals surface area contributed by atoms with Gasteiger partial charge in [-0.2, -0.15) is 0 Å². The zero-order valence-electron chi connectivity index (χ0n) is 18.5. The van der Waals surface area contributed by atoms with Crippen molar-refractivity contribution in [3.8, 4) is 0 Å². The van der Waals surface area contributed by atoms with Gasteiger partial charge in [0.15, 0.2) is 0 Å². The zero-order valence-corrected chi connectivity index (χ0v) is 23.8. The third kappa shape index (κ3) is 7.64. The number of hydrogen-bond donors (Lipinski definition) is 0. The standard InChI is InChI=1S/C23H35Si.3ClH.Ti/c1-8-9-10-11-19-14-20(23(5,6)7)21(15-19)24-22-17(3)12-16(2)13-18(22)4;;;;/h12-13H,8-11,15,24H2,1-7H3;3*1H;/q;;;;+3/p-3. The molecule has 0 spiro atoms. The van der Waals surface area contributed by atoms with Crippen molar-refractivity contribution in [2.75, 3.05) is 0 Å². The quantitative estimate of drug-likeness (QED) is 0.285. The van der Waals surface area contributed by atoms with Gasteiger partial charge in [0.25, 0.3) is 0 Å². The van der Waals surface area contributed by atoms with Gasteiger partial charge >= 0.3 is 170 Å². The summed E-state index contributed by atoms with van der Waals surface area (Å²) < 4.78 is 1.63. The molecule has 28 heavy (non-hydrogen) atoms. The molecular formula is C23H35Cl3SiTi. The number of hydrogen-bond acceptors (Lipinski definition) is 0. The monoisotopic (exact) mass is 492 g/mol. The molecule has 0 saturated heterocycles. The van der Waals surface area contributed by atoms with Crippen molar-refractivity contribution in [2.24, 2.45) is 5.41 Å². The van der Waals surface area contributed by atoms with Crippen LogP contribution in [0, 0.1) is 26.2 Å². The van der Waals surface area contributed by atoms with Gasteiger partial charge in [0.1, 0.15) is 0 Å². The molecule has 0 amide bonds. The maximum absolute atomic E-state index is 2.41. The van der Waals surface area contributed by atoms with E-state index in [1.165, 1.54) is 48.8 Å². The van der Waals surface area contributed by atoms with Crippen LogP contribution in [0.1, 0.15) is 76.5 Å². The van der Waals surface area contributed by atoms with E-state index in [1.54, 1.807) is 20.2 Å². The molecule has 0 unspecified atom stereocenters. The molecule has 0 nitrogen and oxygen atoms in total. The summed E-state index contributed by atoms with van der Waals surface area (Å²) in [5, 5.41) is 3.50. The van der Waals surface area contributed by atoms with Gasteiger partial charge in [-0.25, -0.2) is 0 Å². The molecule has 0 atom stereocenters. The van der Waals surface area contributed by atoms with E-state index >= 15 is 0 Å². The Kier molecular flexibility index (Phi) is 14.3. The van der Waals surface area contributed by atoms with Gasteiger partial charge in [-0.3, -0.25) is 0 Å². The second-order valence-electron chi connectivity index (χ2n) is 8.90. The average molecular weight is 494 g/mol. The fourth-order valence-electron chi connectivity index (χ4n) is 4.35. The van der Waals surface area contributed by atoms with E-state index in [0.29, 0.717) is 0 Å². The Labute approximate surface area is 206 Å². The molecule has 1 aliphatic carbocycles. The minimum absolute atomic E-state index is 0. The van der Waals surface area contributed by atoms with Gasteiger partial charge in [-0.15, -0.1) is 0 Å². The molecule has 156 valence electrons. The fourth-order valence-corrected chi connectivity index (χ4v) is 8.32. The minimum atomic E-state index is -0.390. The van der Waals surface area contributed by atoms with Gasteiger partial charge < -0.3 is 37.2 Å². The van der Waals surface area contributed by atoms with Crippen LogP contribution in [0.2, 0.25) is 0 Å². The number of rotatable bonds is 6. The molecule has 1 aliphatic rings. The number of aryl methyl sites for hydroxylation is 3. The molecule has 2 rings (SSSR count). The molecular weight excluding hydrogens is 459 g/mol. The second-order valence-corrected chi connectivity index (χ2v) is 11.6. The number of halogens is 3. The van der Waals surface area contributed by atoms with Crippen LogP contribution in [0.25, 0.3) is 0 Å². The fraction of sp³-hybridized carbons (Fsp3) is 0.565. The maximum Gasteiger partial charge on any atom is -1.00 e. The maximum atomic E-state index is 2.41. The summed E-state index contributed by atoms with van der Waals surface area (Å²) >= 11 is 2.40. The van der Waals surface area contributed by atoms with E-state index in [-0.39, 0.29) is 42.6 Å². The predicted molar refractivity (Wildman–Crippen MR) is 111 cm³/mol. The molecule has 0 radical (unpaired) electrons. The van der Waals surface area contributed by atoms with Crippen LogP contribution < -0.4 is 42.4 Å². The zero-order chi connectivity index (χ0) is 18.8. The normalized spacial score (nSPS) is 14.3. The molecule has 5 heteroatoms. The summed E-state index contributed by atoms with van der Waals surface area (Å²) in [7, 11) is -0.390. The van der Waals surface area contributed by atoms with Gasteiger partial charge in [0.05, 0.1) is 0 Å². The summed E-state index contributed by atoms with van der Waals surface area (Å²) in [5.41, 5.74) is 8.14. The number of allylic oxidation sites excluding steroid dienone is 4. The van der Waals surface area contributed by atoms with E-state index in [4.69, 9.17) is 0 Å². The second kappa shape index (κ2) is 13.0. The summed E-state index contributed by atoms with van der Waals surface area (Å²) in [6.45, 7) is 16.4. The molecule has 0 heterocycles. The van der Waals surface area contributed by atoms with Crippen molar-refractivity contribution in [3.63, 3.8) is 0 Å². The van der Waals surface area contributed by atoms with Crippen LogP contribution in [-0.4, -0.2) is 9.52 Å². The molecule has 1 aromatic carbocycles. The first kappa shape index (κ1) is 30.7. The van der Waals surface area contributed by atoms with Crippen LogP contribution in [0.4, 0.5) is 0 Å². The Morgan fingerprint density at radius 3 is 1.96 bits per heavy atom. The van der Waals surface area contributed by atoms with Crippen molar-refractivity contribution >= 4 is 14.7 Å². The number of benzene rings is 1. The molecule has 0 saturated carbocycles. The SMILES string of the molecule is CCCCCC1=[C]([Ti+3])C(C(C)(C)C)=C([SiH2]c2c(C)cc(C)cc2C)C1.[Cl-].[Cl-].[Cl-]. The minimum Gasteiger partial charge on any atom is -1.00 e. The van der Waals surface area contributed by atoms with Crippen molar-refractivity contribution in [1.82, 2.24) is 0 Å². The Bertz CT molecular complexity index is 692. The molecule has 1 aromatic rings. The van der Waals surface area contributed by atoms with Crippen LogP contribution in [0.3, 0.4) is 0 Å². The Hall–Kier alpha value is 0.501. The van der Waals surface area contributed by atoms with E-state index in [9.17, 15) is 0 Å². The first-order valence-electron chi connectivity index (χ1n) is 9.88. The van der Waals surface area contributed by atoms with Gasteiger partial charge in [-0.1, -0.05) is 0 Å². The Morgan fingerprint density at radius 2 is 1.50 bits per heavy atom. The van der Waals surface area contributed by atoms with Crippen LogP contribution in [0.15, 0.2) is 32.4 Å². The van der Waals surface area contributed by atoms with Crippen LogP contribution in [0.5, 0.6) is 0 Å². The molecule has 0 bridgehead atoms. The van der Waals surface area contributed by atoms with Gasteiger partial charge in [0, 0.05) is 0 Å². The third-order valence-corrected chi connectivity index (χ3v) is 8.89. The molecule has 0 aromatic heterocycles. The Balaban J connectivity index is 0. The van der Waals surface area contributed by atoms with Gasteiger partial charge in [0.2, 0.25) is 0 Å². The van der Waals surface area contributed by atoms with E-state index in [1.807, 2.05) is 5.20 Å². The molecule has 0 fully saturated rings. The topological polar surface area (TPSA) is 0 Å². The first-order valence-corrected chi connectivity index (χ1v) is 12.1. The predicted octanol–water partition coefficient (Wildman–Crippen LogP) is -3.50. The molecule has 0 N–H and O–H groups in total. The van der Waals surface area contributed by atoms with E-state index < -0.39 is 9.52 Å². The third-order valence-electron chi connectivity index (χ3n) is 5.45. The van der Waals surface area contributed by atoms with E-state index in [0.717, 1.165) is 0 Å². The van der Waals surface area contributed by atoms with E-state index in [2.05, 4.69) is 81.0 Å². The van der Waals surface area contributed by atoms with Crippen LogP contribution >= 0.6 is 0 Å². The van der Waals surface area contributed by atoms with Gasteiger partial charge in [-0.05, 0) is 0 Å². The smallest absolute Gasteiger partial charge is 1.00 e. The van der Waals surface area contributed by atoms with Crippen LogP contribution in [-0.2, 0) is 20.4 Å². The largest absolute Gasteiger partial charge is 1.00 e. The summed E-state index contributed by atoms with van der Waals surface area (Å²) in [6.07, 6.45) is 6.61. The van der Waals surface area contributed by atoms with Crippen molar-refractivity contribution in [3.05, 3.63) is 49.0 Å². The van der Waals surface area contributed by atoms with Crippen molar-refractivity contribution in [2.45, 2.75) is 80.6 Å². The molecule has 0 aliphatic heterocycles. The number of unbranched alkanes of at least 4 members (excludes halogenated alkanes) is 2. The summed E-state index contributed by atoms with van der Waals surface area (Å²) in [4.78, 5) is 0. The van der Waals surface area contributed by atoms with Crippen molar-refractivity contribution < 1.29 is 57.7 Å². The van der Waals surface area contributed by atoms with Crippen molar-refractivity contribution in [1.29, 1.82) is 0 Å². The first-order chi connectivity index (χ1) is 11.6. The average Bonchev–Trinajstić information content (AvgIpc) is 2.79. The summed E-state index contributed by atoms with van der Waals surface area (Å²) in [5.74, 6) is 0. The summed E-state index contributed by atoms with van der Waals surface area (Å²) in [6, 6.07) is 4.76. The Morgan fingerprint density at radius 1 is 0.964 bits per heavy atom.